The Kier molecular flexibility index (Phi) is 5.08. The monoisotopic (exact) mass is 202 g/mol. The van der Waals surface area contributed by atoms with Crippen LogP contribution in [0.1, 0.15) is 20.3 Å². The molecule has 0 aromatic carbocycles. The highest BCUT2D eigenvalue weighted by Gasteiger charge is 2.34. The summed E-state index contributed by atoms with van der Waals surface area (Å²) in [7, 11) is 7.19. The van der Waals surface area contributed by atoms with Crippen LogP contribution in [0.15, 0.2) is 0 Å². The number of carbonyl (C=O) groups is 1. The second-order valence-electron chi connectivity index (χ2n) is 4.09. The van der Waals surface area contributed by atoms with Gasteiger partial charge in [0.25, 0.3) is 0 Å². The molecule has 0 heterocycles. The van der Waals surface area contributed by atoms with Crippen molar-refractivity contribution in [2.45, 2.75) is 31.8 Å². The summed E-state index contributed by atoms with van der Waals surface area (Å²) < 4.78 is 4.77. The summed E-state index contributed by atoms with van der Waals surface area (Å²) in [5.41, 5.74) is -0.599. The predicted octanol–water partition coefficient (Wildman–Crippen LogP) is 0.478. The average Bonchev–Trinajstić information content (AvgIpc) is 2.15. The van der Waals surface area contributed by atoms with Crippen LogP contribution in [0.25, 0.3) is 0 Å². The minimum Gasteiger partial charge on any atom is -0.468 e. The standard InChI is InChI=1S/C10H22N2O2/c1-8(12(4)5)7-10(2,11-3)9(13)14-6/h8,11H,7H2,1-6H3. The fourth-order valence-corrected chi connectivity index (χ4v) is 1.29. The van der Waals surface area contributed by atoms with Crippen LogP contribution in [0.3, 0.4) is 0 Å². The van der Waals surface area contributed by atoms with Gasteiger partial charge in [-0.1, -0.05) is 0 Å². The van der Waals surface area contributed by atoms with E-state index >= 15 is 0 Å². The van der Waals surface area contributed by atoms with E-state index in [1.807, 2.05) is 21.0 Å². The molecule has 0 aliphatic rings. The third-order valence-electron chi connectivity index (χ3n) is 2.77. The molecule has 14 heavy (non-hydrogen) atoms. The number of carbonyl (C=O) groups excluding carboxylic acids is 1. The van der Waals surface area contributed by atoms with Gasteiger partial charge in [-0.25, -0.2) is 0 Å². The lowest BCUT2D eigenvalue weighted by Crippen LogP contribution is -2.51. The summed E-state index contributed by atoms with van der Waals surface area (Å²) >= 11 is 0. The molecule has 0 aromatic heterocycles. The highest BCUT2D eigenvalue weighted by Crippen LogP contribution is 2.16. The molecule has 84 valence electrons. The minimum absolute atomic E-state index is 0.214. The first-order valence-corrected chi connectivity index (χ1v) is 4.81. The van der Waals surface area contributed by atoms with Gasteiger partial charge in [0.1, 0.15) is 5.54 Å². The number of nitrogens with one attached hydrogen (secondary N) is 1. The average molecular weight is 202 g/mol. The molecule has 0 amide bonds. The summed E-state index contributed by atoms with van der Waals surface area (Å²) in [6, 6.07) is 0.326. The predicted molar refractivity (Wildman–Crippen MR) is 57.2 cm³/mol. The first-order valence-electron chi connectivity index (χ1n) is 4.81. The Balaban J connectivity index is 4.47. The normalized spacial score (nSPS) is 17.6. The molecule has 0 spiro atoms. The van der Waals surface area contributed by atoms with Crippen molar-refractivity contribution in [3.63, 3.8) is 0 Å². The van der Waals surface area contributed by atoms with Gasteiger partial charge in [-0.05, 0) is 41.4 Å². The second-order valence-corrected chi connectivity index (χ2v) is 4.09. The lowest BCUT2D eigenvalue weighted by molar-refractivity contribution is -0.148. The molecule has 2 unspecified atom stereocenters. The van der Waals surface area contributed by atoms with Gasteiger partial charge >= 0.3 is 5.97 Å². The molecule has 0 bridgehead atoms. The molecule has 0 aromatic rings. The van der Waals surface area contributed by atoms with Crippen LogP contribution in [-0.2, 0) is 9.53 Å². The fraction of sp³-hybridized carbons (Fsp3) is 0.900. The van der Waals surface area contributed by atoms with Gasteiger partial charge in [-0.2, -0.15) is 0 Å². The van der Waals surface area contributed by atoms with E-state index in [0.717, 1.165) is 6.42 Å². The third-order valence-corrected chi connectivity index (χ3v) is 2.77. The van der Waals surface area contributed by atoms with Crippen LogP contribution in [0, 0.1) is 0 Å². The van der Waals surface area contributed by atoms with Crippen molar-refractivity contribution in [1.29, 1.82) is 0 Å². The zero-order chi connectivity index (χ0) is 11.4. The Morgan fingerprint density at radius 3 is 2.36 bits per heavy atom. The summed E-state index contributed by atoms with van der Waals surface area (Å²) in [4.78, 5) is 13.6. The first-order chi connectivity index (χ1) is 6.37. The molecule has 0 saturated heterocycles. The van der Waals surface area contributed by atoms with E-state index in [0.29, 0.717) is 6.04 Å². The molecule has 4 nitrogen and oxygen atoms in total. The molecule has 1 N–H and O–H groups in total. The summed E-state index contributed by atoms with van der Waals surface area (Å²) in [6.07, 6.45) is 0.725. The number of hydrogen-bond acceptors (Lipinski definition) is 4. The van der Waals surface area contributed by atoms with Gasteiger partial charge in [0.2, 0.25) is 0 Å². The van der Waals surface area contributed by atoms with Crippen LogP contribution >= 0.6 is 0 Å². The zero-order valence-corrected chi connectivity index (χ0v) is 10.0. The molecule has 0 aliphatic heterocycles. The molecule has 0 fully saturated rings. The number of hydrogen-bond donors (Lipinski definition) is 1. The number of ether oxygens (including phenoxy) is 1. The molecule has 0 saturated carbocycles. The Morgan fingerprint density at radius 2 is 2.07 bits per heavy atom. The molecular formula is C10H22N2O2. The molecule has 0 aliphatic carbocycles. The number of nitrogens with zero attached hydrogens (tertiary/aromatic N) is 1. The SMILES string of the molecule is CNC(C)(CC(C)N(C)C)C(=O)OC. The zero-order valence-electron chi connectivity index (χ0n) is 10.0. The van der Waals surface area contributed by atoms with Gasteiger partial charge in [0.05, 0.1) is 7.11 Å². The van der Waals surface area contributed by atoms with E-state index in [2.05, 4.69) is 17.1 Å². The fourth-order valence-electron chi connectivity index (χ4n) is 1.29. The van der Waals surface area contributed by atoms with Crippen molar-refractivity contribution < 1.29 is 9.53 Å². The van der Waals surface area contributed by atoms with Crippen molar-refractivity contribution in [2.24, 2.45) is 0 Å². The van der Waals surface area contributed by atoms with Crippen molar-refractivity contribution in [3.8, 4) is 0 Å². The second kappa shape index (κ2) is 5.32. The van der Waals surface area contributed by atoms with Crippen LogP contribution in [0.5, 0.6) is 0 Å². The topological polar surface area (TPSA) is 41.6 Å². The van der Waals surface area contributed by atoms with Gasteiger partial charge < -0.3 is 15.0 Å². The summed E-state index contributed by atoms with van der Waals surface area (Å²) in [5.74, 6) is -0.214. The van der Waals surface area contributed by atoms with Crippen molar-refractivity contribution in [2.75, 3.05) is 28.3 Å². The lowest BCUT2D eigenvalue weighted by Gasteiger charge is -2.31. The number of rotatable bonds is 5. The maximum Gasteiger partial charge on any atom is 0.325 e. The lowest BCUT2D eigenvalue weighted by atomic mass is 9.93. The van der Waals surface area contributed by atoms with Crippen molar-refractivity contribution >= 4 is 5.97 Å². The van der Waals surface area contributed by atoms with Crippen LogP contribution in [-0.4, -0.2) is 50.7 Å². The Morgan fingerprint density at radius 1 is 1.57 bits per heavy atom. The molecule has 0 rings (SSSR count). The van der Waals surface area contributed by atoms with Crippen LogP contribution in [0.2, 0.25) is 0 Å². The Labute approximate surface area is 86.6 Å². The van der Waals surface area contributed by atoms with E-state index in [1.165, 1.54) is 7.11 Å². The van der Waals surface area contributed by atoms with Gasteiger partial charge in [-0.15, -0.1) is 0 Å². The number of likely N-dealkylation sites (N-methyl/N-ethyl adjacent to an activating group) is 1. The molecular weight excluding hydrogens is 180 g/mol. The Hall–Kier alpha value is -0.610. The molecule has 2 atom stereocenters. The third kappa shape index (κ3) is 3.27. The number of esters is 1. The highest BCUT2D eigenvalue weighted by molar-refractivity contribution is 5.80. The maximum atomic E-state index is 11.5. The van der Waals surface area contributed by atoms with Gasteiger partial charge in [0.15, 0.2) is 0 Å². The van der Waals surface area contributed by atoms with Gasteiger partial charge in [-0.3, -0.25) is 4.79 Å². The number of methoxy groups -OCH3 is 1. The highest BCUT2D eigenvalue weighted by atomic mass is 16.5. The first kappa shape index (κ1) is 13.4. The van der Waals surface area contributed by atoms with Crippen molar-refractivity contribution in [3.05, 3.63) is 0 Å². The summed E-state index contributed by atoms with van der Waals surface area (Å²) in [6.45, 7) is 3.94. The smallest absolute Gasteiger partial charge is 0.325 e. The van der Waals surface area contributed by atoms with Gasteiger partial charge in [0, 0.05) is 6.04 Å². The molecule has 4 heteroatoms. The molecule has 0 radical (unpaired) electrons. The van der Waals surface area contributed by atoms with Crippen molar-refractivity contribution in [1.82, 2.24) is 10.2 Å². The van der Waals surface area contributed by atoms with Crippen LogP contribution in [0.4, 0.5) is 0 Å². The quantitative estimate of drug-likeness (QED) is 0.658. The maximum absolute atomic E-state index is 11.5. The van der Waals surface area contributed by atoms with Crippen LogP contribution < -0.4 is 5.32 Å². The van der Waals surface area contributed by atoms with E-state index in [4.69, 9.17) is 4.74 Å². The van der Waals surface area contributed by atoms with E-state index in [1.54, 1.807) is 7.05 Å². The summed E-state index contributed by atoms with van der Waals surface area (Å²) in [5, 5.41) is 3.01. The Bertz CT molecular complexity index is 195. The largest absolute Gasteiger partial charge is 0.468 e. The van der Waals surface area contributed by atoms with E-state index in [-0.39, 0.29) is 5.97 Å². The minimum atomic E-state index is -0.599. The van der Waals surface area contributed by atoms with E-state index in [9.17, 15) is 4.79 Å². The van der Waals surface area contributed by atoms with E-state index < -0.39 is 5.54 Å².